The monoisotopic (exact) mass is 329 g/mol. The van der Waals surface area contributed by atoms with Gasteiger partial charge >= 0.3 is 6.09 Å². The lowest BCUT2D eigenvalue weighted by Gasteiger charge is -2.31. The zero-order chi connectivity index (χ0) is 17.1. The van der Waals surface area contributed by atoms with Gasteiger partial charge in [-0.05, 0) is 30.4 Å². The van der Waals surface area contributed by atoms with Crippen LogP contribution >= 0.6 is 0 Å². The number of cyclic esters (lactones) is 1. The highest BCUT2D eigenvalue weighted by Crippen LogP contribution is 2.33. The van der Waals surface area contributed by atoms with Gasteiger partial charge in [-0.15, -0.1) is 0 Å². The Labute approximate surface area is 142 Å². The fraction of sp³-hybridized carbons (Fsp3) is 0.474. The van der Waals surface area contributed by atoms with E-state index in [0.29, 0.717) is 12.8 Å². The van der Waals surface area contributed by atoms with E-state index in [0.717, 1.165) is 17.7 Å². The molecule has 0 saturated carbocycles. The number of benzene rings is 1. The van der Waals surface area contributed by atoms with E-state index in [1.54, 1.807) is 7.11 Å². The summed E-state index contributed by atoms with van der Waals surface area (Å²) >= 11 is 0. The molecule has 0 aromatic heterocycles. The van der Waals surface area contributed by atoms with Crippen molar-refractivity contribution in [2.24, 2.45) is 11.8 Å². The number of carbonyl (C=O) groups excluding carboxylic acids is 2. The van der Waals surface area contributed by atoms with Crippen LogP contribution in [0.2, 0.25) is 0 Å². The second-order valence-corrected chi connectivity index (χ2v) is 6.53. The maximum Gasteiger partial charge on any atom is 0.416 e. The van der Waals surface area contributed by atoms with Gasteiger partial charge in [0.1, 0.15) is 6.61 Å². The zero-order valence-electron chi connectivity index (χ0n) is 14.1. The lowest BCUT2D eigenvalue weighted by Crippen LogP contribution is -2.45. The first-order chi connectivity index (χ1) is 11.6. The van der Waals surface area contributed by atoms with Crippen molar-refractivity contribution in [3.05, 3.63) is 47.7 Å². The predicted octanol–water partition coefficient (Wildman–Crippen LogP) is 3.15. The zero-order valence-corrected chi connectivity index (χ0v) is 14.1. The molecule has 3 atom stereocenters. The van der Waals surface area contributed by atoms with E-state index in [1.807, 2.05) is 43.3 Å². The van der Waals surface area contributed by atoms with Crippen LogP contribution in [0.4, 0.5) is 4.79 Å². The van der Waals surface area contributed by atoms with Gasteiger partial charge in [0.2, 0.25) is 5.91 Å². The molecule has 1 aromatic rings. The van der Waals surface area contributed by atoms with E-state index in [9.17, 15) is 9.59 Å². The molecular weight excluding hydrogens is 306 g/mol. The van der Waals surface area contributed by atoms with Gasteiger partial charge in [0.25, 0.3) is 0 Å². The van der Waals surface area contributed by atoms with E-state index in [1.165, 1.54) is 4.90 Å². The number of allylic oxidation sites excluding steroid dienone is 2. The average Bonchev–Trinajstić information content (AvgIpc) is 2.95. The van der Waals surface area contributed by atoms with Crippen molar-refractivity contribution < 1.29 is 19.1 Å². The topological polar surface area (TPSA) is 55.8 Å². The Morgan fingerprint density at radius 1 is 1.33 bits per heavy atom. The van der Waals surface area contributed by atoms with Crippen LogP contribution in [0.25, 0.3) is 0 Å². The number of imide groups is 1. The van der Waals surface area contributed by atoms with E-state index < -0.39 is 6.09 Å². The van der Waals surface area contributed by atoms with E-state index in [4.69, 9.17) is 9.47 Å². The Morgan fingerprint density at radius 3 is 2.75 bits per heavy atom. The molecule has 2 aliphatic rings. The van der Waals surface area contributed by atoms with Gasteiger partial charge in [-0.1, -0.05) is 37.3 Å². The smallest absolute Gasteiger partial charge is 0.416 e. The third-order valence-electron chi connectivity index (χ3n) is 4.90. The second kappa shape index (κ2) is 7.07. The molecule has 1 aromatic carbocycles. The van der Waals surface area contributed by atoms with E-state index in [-0.39, 0.29) is 30.4 Å². The fourth-order valence-electron chi connectivity index (χ4n) is 3.49. The summed E-state index contributed by atoms with van der Waals surface area (Å²) < 4.78 is 10.4. The number of methoxy groups -OCH3 is 1. The third-order valence-corrected chi connectivity index (χ3v) is 4.90. The normalized spacial score (nSPS) is 26.8. The van der Waals surface area contributed by atoms with Crippen LogP contribution in [0.15, 0.2) is 42.2 Å². The number of ether oxygens (including phenoxy) is 2. The number of rotatable bonds is 4. The van der Waals surface area contributed by atoms with Crippen molar-refractivity contribution in [3.8, 4) is 0 Å². The van der Waals surface area contributed by atoms with Crippen molar-refractivity contribution in [1.82, 2.24) is 4.90 Å². The van der Waals surface area contributed by atoms with Crippen LogP contribution in [0, 0.1) is 11.8 Å². The number of hydrogen-bond acceptors (Lipinski definition) is 4. The van der Waals surface area contributed by atoms with Crippen molar-refractivity contribution in [2.45, 2.75) is 32.2 Å². The maximum atomic E-state index is 13.0. The minimum absolute atomic E-state index is 0.127. The van der Waals surface area contributed by atoms with Gasteiger partial charge in [-0.25, -0.2) is 9.69 Å². The Balaban J connectivity index is 1.74. The first-order valence-corrected chi connectivity index (χ1v) is 8.37. The third kappa shape index (κ3) is 3.30. The SMILES string of the molecule is COC1=CC[C@H](C(=O)N2C(=O)OC[C@@H]2Cc2ccccc2)[C@@H](C)C1. The summed E-state index contributed by atoms with van der Waals surface area (Å²) in [5, 5.41) is 0. The predicted molar refractivity (Wildman–Crippen MR) is 89.1 cm³/mol. The fourth-order valence-corrected chi connectivity index (χ4v) is 3.49. The van der Waals surface area contributed by atoms with Crippen molar-refractivity contribution in [3.63, 3.8) is 0 Å². The molecule has 1 fully saturated rings. The van der Waals surface area contributed by atoms with Crippen molar-refractivity contribution in [2.75, 3.05) is 13.7 Å². The Kier molecular flexibility index (Phi) is 4.88. The second-order valence-electron chi connectivity index (χ2n) is 6.53. The molecule has 1 saturated heterocycles. The molecule has 5 heteroatoms. The maximum absolute atomic E-state index is 13.0. The summed E-state index contributed by atoms with van der Waals surface area (Å²) in [6, 6.07) is 9.64. The van der Waals surface area contributed by atoms with Crippen molar-refractivity contribution in [1.29, 1.82) is 0 Å². The van der Waals surface area contributed by atoms with Crippen LogP contribution < -0.4 is 0 Å². The van der Waals surface area contributed by atoms with Crippen LogP contribution in [-0.2, 0) is 20.7 Å². The first-order valence-electron chi connectivity index (χ1n) is 8.37. The lowest BCUT2D eigenvalue weighted by molar-refractivity contribution is -0.135. The summed E-state index contributed by atoms with van der Waals surface area (Å²) in [4.78, 5) is 26.4. The number of amides is 2. The molecular formula is C19H23NO4. The molecule has 2 amide bonds. The first kappa shape index (κ1) is 16.6. The van der Waals surface area contributed by atoms with Gasteiger partial charge in [0, 0.05) is 12.3 Å². The molecule has 5 nitrogen and oxygen atoms in total. The minimum atomic E-state index is -0.519. The standard InChI is InChI=1S/C19H23NO4/c1-13-10-16(23-2)8-9-17(13)18(21)20-15(12-24-19(20)22)11-14-6-4-3-5-7-14/h3-8,13,15,17H,9-12H2,1-2H3/t13-,15-,17-/m0/s1. The van der Waals surface area contributed by atoms with Gasteiger partial charge in [0.15, 0.2) is 0 Å². The summed E-state index contributed by atoms with van der Waals surface area (Å²) in [6.45, 7) is 2.29. The Hall–Kier alpha value is -2.30. The highest BCUT2D eigenvalue weighted by atomic mass is 16.6. The number of nitrogens with zero attached hydrogens (tertiary/aromatic N) is 1. The number of carbonyl (C=O) groups is 2. The molecule has 0 unspecified atom stereocenters. The van der Waals surface area contributed by atoms with Crippen molar-refractivity contribution >= 4 is 12.0 Å². The molecule has 1 aliphatic heterocycles. The Morgan fingerprint density at radius 2 is 2.08 bits per heavy atom. The van der Waals surface area contributed by atoms with E-state index in [2.05, 4.69) is 0 Å². The Bertz CT molecular complexity index is 640. The molecule has 0 N–H and O–H groups in total. The molecule has 1 heterocycles. The largest absolute Gasteiger partial charge is 0.501 e. The van der Waals surface area contributed by atoms with Crippen LogP contribution in [0.3, 0.4) is 0 Å². The van der Waals surface area contributed by atoms with Gasteiger partial charge in [0.05, 0.1) is 18.9 Å². The average molecular weight is 329 g/mol. The van der Waals surface area contributed by atoms with Crippen LogP contribution in [-0.4, -0.2) is 36.7 Å². The molecule has 128 valence electrons. The molecule has 0 spiro atoms. The minimum Gasteiger partial charge on any atom is -0.501 e. The summed E-state index contributed by atoms with van der Waals surface area (Å²) in [6.07, 6.45) is 3.38. The summed E-state index contributed by atoms with van der Waals surface area (Å²) in [7, 11) is 1.65. The molecule has 0 bridgehead atoms. The number of hydrogen-bond donors (Lipinski definition) is 0. The molecule has 1 aliphatic carbocycles. The highest BCUT2D eigenvalue weighted by Gasteiger charge is 2.42. The molecule has 24 heavy (non-hydrogen) atoms. The summed E-state index contributed by atoms with van der Waals surface area (Å²) in [5.74, 6) is 0.727. The molecule has 3 rings (SSSR count). The summed E-state index contributed by atoms with van der Waals surface area (Å²) in [5.41, 5.74) is 1.09. The van der Waals surface area contributed by atoms with Gasteiger partial charge < -0.3 is 9.47 Å². The quantitative estimate of drug-likeness (QED) is 0.851. The van der Waals surface area contributed by atoms with Crippen LogP contribution in [0.5, 0.6) is 0 Å². The van der Waals surface area contributed by atoms with E-state index >= 15 is 0 Å². The lowest BCUT2D eigenvalue weighted by atomic mass is 9.82. The van der Waals surface area contributed by atoms with Gasteiger partial charge in [-0.2, -0.15) is 0 Å². The highest BCUT2D eigenvalue weighted by molar-refractivity contribution is 5.95. The van der Waals surface area contributed by atoms with Gasteiger partial charge in [-0.3, -0.25) is 4.79 Å². The molecule has 0 radical (unpaired) electrons. The van der Waals surface area contributed by atoms with Crippen LogP contribution in [0.1, 0.15) is 25.3 Å².